The van der Waals surface area contributed by atoms with Crippen molar-refractivity contribution in [3.8, 4) is 0 Å². The summed E-state index contributed by atoms with van der Waals surface area (Å²) in [6.45, 7) is 0.478. The third-order valence-corrected chi connectivity index (χ3v) is 2.16. The number of fused-ring (bicyclic) bond motifs is 1. The molecule has 6 nitrogen and oxygen atoms in total. The molecule has 0 amide bonds. The van der Waals surface area contributed by atoms with Crippen molar-refractivity contribution in [2.45, 2.75) is 24.4 Å². The van der Waals surface area contributed by atoms with Gasteiger partial charge in [0.05, 0.1) is 13.2 Å². The van der Waals surface area contributed by atoms with Crippen LogP contribution < -0.4 is 0 Å². The molecule has 2 rings (SSSR count). The van der Waals surface area contributed by atoms with Gasteiger partial charge in [0.1, 0.15) is 18.3 Å². The first-order valence-electron chi connectivity index (χ1n) is 3.72. The first-order valence-corrected chi connectivity index (χ1v) is 3.72. The first-order chi connectivity index (χ1) is 5.83. The predicted octanol–water partition coefficient (Wildman–Crippen LogP) is -0.789. The quantitative estimate of drug-likeness (QED) is 0.439. The van der Waals surface area contributed by atoms with E-state index in [0.29, 0.717) is 0 Å². The molecule has 4 atom stereocenters. The highest BCUT2D eigenvalue weighted by Gasteiger charge is 2.48. The zero-order valence-electron chi connectivity index (χ0n) is 6.25. The van der Waals surface area contributed by atoms with Crippen molar-refractivity contribution in [1.82, 2.24) is 0 Å². The molecule has 12 heavy (non-hydrogen) atoms. The number of hydrogen-bond donors (Lipinski definition) is 1. The van der Waals surface area contributed by atoms with Crippen molar-refractivity contribution in [1.29, 1.82) is 0 Å². The van der Waals surface area contributed by atoms with Crippen molar-refractivity contribution >= 4 is 0 Å². The maximum absolute atomic E-state index is 9.79. The molecule has 2 aliphatic heterocycles. The zero-order chi connectivity index (χ0) is 8.55. The van der Waals surface area contributed by atoms with Gasteiger partial charge in [-0.1, -0.05) is 0 Å². The highest BCUT2D eigenvalue weighted by Crippen LogP contribution is 2.28. The van der Waals surface area contributed by atoms with Crippen LogP contribution in [0.4, 0.5) is 0 Å². The van der Waals surface area contributed by atoms with Crippen LogP contribution in [0.3, 0.4) is 0 Å². The fraction of sp³-hybridized carbons (Fsp3) is 1.00. The lowest BCUT2D eigenvalue weighted by atomic mass is 10.1. The Balaban J connectivity index is 2.00. The zero-order valence-corrected chi connectivity index (χ0v) is 6.25. The Morgan fingerprint density at radius 2 is 2.08 bits per heavy atom. The molecule has 2 saturated heterocycles. The van der Waals surface area contributed by atoms with E-state index in [9.17, 15) is 10.0 Å². The molecule has 0 bridgehead atoms. The smallest absolute Gasteiger partial charge is 0.182 e. The Morgan fingerprint density at radius 3 is 2.83 bits per heavy atom. The number of hydrogen-bond acceptors (Lipinski definition) is 6. The van der Waals surface area contributed by atoms with Crippen LogP contribution in [0.5, 0.6) is 0 Å². The number of rotatable bonds is 2. The Labute approximate surface area is 68.3 Å². The van der Waals surface area contributed by atoms with Crippen molar-refractivity contribution in [3.63, 3.8) is 0 Å². The van der Waals surface area contributed by atoms with Gasteiger partial charge in [0.2, 0.25) is 0 Å². The van der Waals surface area contributed by atoms with E-state index >= 15 is 0 Å². The van der Waals surface area contributed by atoms with Crippen LogP contribution >= 0.6 is 0 Å². The Bertz CT molecular complexity index is 187. The highest BCUT2D eigenvalue weighted by molar-refractivity contribution is 4.94. The molecule has 0 spiro atoms. The van der Waals surface area contributed by atoms with E-state index in [-0.39, 0.29) is 25.4 Å². The van der Waals surface area contributed by atoms with Crippen LogP contribution in [-0.4, -0.2) is 42.7 Å². The van der Waals surface area contributed by atoms with Crippen LogP contribution in [0.2, 0.25) is 0 Å². The number of aliphatic hydroxyl groups is 1. The summed E-state index contributed by atoms with van der Waals surface area (Å²) in [6, 6.07) is 0. The lowest BCUT2D eigenvalue weighted by Gasteiger charge is -2.11. The van der Waals surface area contributed by atoms with Gasteiger partial charge in [-0.25, -0.2) is 0 Å². The van der Waals surface area contributed by atoms with Crippen LogP contribution in [-0.2, 0) is 14.3 Å². The largest absolute Gasteiger partial charge is 0.388 e. The minimum Gasteiger partial charge on any atom is -0.388 e. The van der Waals surface area contributed by atoms with Gasteiger partial charge in [-0.3, -0.25) is 0 Å². The lowest BCUT2D eigenvalue weighted by molar-refractivity contribution is -0.0370. The molecule has 0 aromatic rings. The normalized spacial score (nSPS) is 45.8. The van der Waals surface area contributed by atoms with Gasteiger partial charge in [-0.2, -0.15) is 0 Å². The summed E-state index contributed by atoms with van der Waals surface area (Å²) in [6.07, 6.45) is -1.80. The lowest BCUT2D eigenvalue weighted by Crippen LogP contribution is -2.31. The van der Waals surface area contributed by atoms with Gasteiger partial charge < -0.3 is 19.4 Å². The fourth-order valence-corrected chi connectivity index (χ4v) is 1.59. The van der Waals surface area contributed by atoms with E-state index in [1.807, 2.05) is 0 Å². The molecule has 2 aliphatic rings. The summed E-state index contributed by atoms with van der Waals surface area (Å²) in [4.78, 5) is 14.3. The molecular formula is C6H9NO5. The molecule has 0 unspecified atom stereocenters. The molecule has 68 valence electrons. The number of ether oxygens (including phenoxy) is 2. The van der Waals surface area contributed by atoms with Gasteiger partial charge in [0, 0.05) is 0 Å². The van der Waals surface area contributed by atoms with Gasteiger partial charge in [0.15, 0.2) is 11.4 Å². The fourth-order valence-electron chi connectivity index (χ4n) is 1.59. The molecule has 0 aliphatic carbocycles. The summed E-state index contributed by atoms with van der Waals surface area (Å²) >= 11 is 0. The first kappa shape index (κ1) is 7.90. The summed E-state index contributed by atoms with van der Waals surface area (Å²) in [5.41, 5.74) is 0. The average molecular weight is 175 g/mol. The van der Waals surface area contributed by atoms with Crippen LogP contribution in [0.15, 0.2) is 5.34 Å². The van der Waals surface area contributed by atoms with E-state index in [0.717, 1.165) is 0 Å². The molecule has 6 heteroatoms. The van der Waals surface area contributed by atoms with Crippen molar-refractivity contribution < 1.29 is 19.4 Å². The minimum atomic E-state index is -0.616. The van der Waals surface area contributed by atoms with Gasteiger partial charge in [-0.05, 0) is 0 Å². The molecular weight excluding hydrogens is 166 g/mol. The molecule has 1 N–H and O–H groups in total. The van der Waals surface area contributed by atoms with Crippen molar-refractivity contribution in [2.24, 2.45) is 5.34 Å². The summed E-state index contributed by atoms with van der Waals surface area (Å²) in [7, 11) is 0. The number of nitrogens with zero attached hydrogens (tertiary/aromatic N) is 1. The maximum Gasteiger partial charge on any atom is 0.182 e. The summed E-state index contributed by atoms with van der Waals surface area (Å²) in [5.74, 6) is 0. The SMILES string of the molecule is O=NO[C@@H]1CO[C@H]2[C@@H]1OC[C@H]2O. The highest BCUT2D eigenvalue weighted by atomic mass is 16.8. The third kappa shape index (κ3) is 1.08. The molecule has 2 heterocycles. The Hall–Kier alpha value is -0.720. The monoisotopic (exact) mass is 175 g/mol. The topological polar surface area (TPSA) is 77.4 Å². The third-order valence-electron chi connectivity index (χ3n) is 2.16. The van der Waals surface area contributed by atoms with E-state index in [4.69, 9.17) is 9.47 Å². The second-order valence-corrected chi connectivity index (χ2v) is 2.88. The summed E-state index contributed by atoms with van der Waals surface area (Å²) < 4.78 is 10.3. The van der Waals surface area contributed by atoms with Crippen molar-refractivity contribution in [3.05, 3.63) is 4.91 Å². The van der Waals surface area contributed by atoms with Gasteiger partial charge in [-0.15, -0.1) is 4.91 Å². The molecule has 0 aromatic heterocycles. The van der Waals surface area contributed by atoms with Crippen LogP contribution in [0.25, 0.3) is 0 Å². The van der Waals surface area contributed by atoms with E-state index in [1.165, 1.54) is 0 Å². The second-order valence-electron chi connectivity index (χ2n) is 2.88. The maximum atomic E-state index is 9.79. The molecule has 2 fully saturated rings. The second kappa shape index (κ2) is 2.96. The Kier molecular flexibility index (Phi) is 1.95. The van der Waals surface area contributed by atoms with Crippen LogP contribution in [0, 0.1) is 4.91 Å². The minimum absolute atomic E-state index is 0.230. The van der Waals surface area contributed by atoms with E-state index in [1.54, 1.807) is 0 Å². The Morgan fingerprint density at radius 1 is 1.33 bits per heavy atom. The molecule has 0 aromatic carbocycles. The summed E-state index contributed by atoms with van der Waals surface area (Å²) in [5, 5.41) is 11.6. The van der Waals surface area contributed by atoms with Gasteiger partial charge in [0.25, 0.3) is 0 Å². The predicted molar refractivity (Wildman–Crippen MR) is 36.2 cm³/mol. The van der Waals surface area contributed by atoms with E-state index < -0.39 is 12.2 Å². The van der Waals surface area contributed by atoms with Crippen molar-refractivity contribution in [2.75, 3.05) is 13.2 Å². The molecule has 0 radical (unpaired) electrons. The van der Waals surface area contributed by atoms with Gasteiger partial charge >= 0.3 is 0 Å². The van der Waals surface area contributed by atoms with Crippen LogP contribution in [0.1, 0.15) is 0 Å². The van der Waals surface area contributed by atoms with E-state index in [2.05, 4.69) is 10.2 Å². The number of aliphatic hydroxyl groups excluding tert-OH is 1. The standard InChI is InChI=1S/C6H9NO5/c8-3-1-10-6-4(12-7-9)2-11-5(3)6/h3-6,8H,1-2H2/t3-,4-,5-,6-/m1/s1. The average Bonchev–Trinajstić information content (AvgIpc) is 2.58. The molecule has 0 saturated carbocycles.